The number of carboxylic acids is 1. The molecule has 3 atom stereocenters. The maximum atomic E-state index is 12.9. The Morgan fingerprint density at radius 1 is 1.06 bits per heavy atom. The molecule has 1 aliphatic heterocycles. The maximum Gasteiger partial charge on any atom is 0.305 e. The predicted octanol–water partition coefficient (Wildman–Crippen LogP) is 0.939. The van der Waals surface area contributed by atoms with E-state index in [4.69, 9.17) is 5.11 Å². The molecule has 190 valence electrons. The Bertz CT molecular complexity index is 961. The molecule has 0 spiro atoms. The topological polar surface area (TPSA) is 162 Å². The van der Waals surface area contributed by atoms with Gasteiger partial charge in [-0.25, -0.2) is 0 Å². The van der Waals surface area contributed by atoms with Crippen LogP contribution in [0.15, 0.2) is 24.3 Å². The number of hydrogen-bond acceptors (Lipinski definition) is 6. The minimum absolute atomic E-state index is 0.122. The zero-order chi connectivity index (χ0) is 26.1. The van der Waals surface area contributed by atoms with E-state index in [1.54, 1.807) is 12.1 Å². The second-order valence-corrected chi connectivity index (χ2v) is 8.96. The summed E-state index contributed by atoms with van der Waals surface area (Å²) in [6.45, 7) is 5.68. The third kappa shape index (κ3) is 8.20. The van der Waals surface area contributed by atoms with Gasteiger partial charge in [-0.05, 0) is 49.9 Å². The molecule has 2 rings (SSSR count). The van der Waals surface area contributed by atoms with Gasteiger partial charge in [0.1, 0.15) is 18.4 Å². The number of aliphatic carboxylic acids is 1. The molecule has 1 saturated heterocycles. The molecule has 0 aromatic heterocycles. The molecule has 0 radical (unpaired) electrons. The van der Waals surface area contributed by atoms with Gasteiger partial charge >= 0.3 is 5.97 Å². The van der Waals surface area contributed by atoms with Crippen LogP contribution in [0.25, 0.3) is 0 Å². The van der Waals surface area contributed by atoms with Gasteiger partial charge in [0.2, 0.25) is 17.7 Å². The van der Waals surface area contributed by atoms with Crippen molar-refractivity contribution in [3.63, 3.8) is 0 Å². The minimum atomic E-state index is -1.23. The number of amides is 4. The summed E-state index contributed by atoms with van der Waals surface area (Å²) in [5.41, 5.74) is 0.850. The van der Waals surface area contributed by atoms with E-state index in [2.05, 4.69) is 16.0 Å². The molecule has 1 aliphatic rings. The molecule has 4 amide bonds. The summed E-state index contributed by atoms with van der Waals surface area (Å²) in [6, 6.07) is 3.29. The van der Waals surface area contributed by atoms with Crippen LogP contribution in [0, 0.1) is 5.92 Å². The van der Waals surface area contributed by atoms with E-state index >= 15 is 0 Å². The van der Waals surface area contributed by atoms with Gasteiger partial charge in [-0.1, -0.05) is 13.8 Å². The SMILES string of the molecule is CC(C)CC(=O)Nc1ccc(C(=O)NC(C)C(=O)N2CCCC2C(=O)NC(C=O)CC(=O)O)cc1. The number of carboxylic acid groups (broad SMARTS) is 1. The first-order chi connectivity index (χ1) is 16.5. The fraction of sp³-hybridized carbons (Fsp3) is 0.500. The Morgan fingerprint density at radius 2 is 1.71 bits per heavy atom. The van der Waals surface area contributed by atoms with Gasteiger partial charge in [0.15, 0.2) is 0 Å². The van der Waals surface area contributed by atoms with E-state index in [-0.39, 0.29) is 11.8 Å². The third-order valence-corrected chi connectivity index (χ3v) is 5.47. The van der Waals surface area contributed by atoms with Crippen LogP contribution in [-0.4, -0.2) is 70.6 Å². The average Bonchev–Trinajstić information content (AvgIpc) is 3.27. The number of carbonyl (C=O) groups is 6. The van der Waals surface area contributed by atoms with E-state index in [0.717, 1.165) is 0 Å². The van der Waals surface area contributed by atoms with Gasteiger partial charge in [-0.15, -0.1) is 0 Å². The maximum absolute atomic E-state index is 12.9. The smallest absolute Gasteiger partial charge is 0.305 e. The fourth-order valence-electron chi connectivity index (χ4n) is 3.78. The highest BCUT2D eigenvalue weighted by Crippen LogP contribution is 2.19. The number of likely N-dealkylation sites (tertiary alicyclic amines) is 1. The highest BCUT2D eigenvalue weighted by molar-refractivity contribution is 5.99. The Morgan fingerprint density at radius 3 is 2.29 bits per heavy atom. The number of rotatable bonds is 11. The Balaban J connectivity index is 1.95. The summed E-state index contributed by atoms with van der Waals surface area (Å²) < 4.78 is 0. The highest BCUT2D eigenvalue weighted by Gasteiger charge is 2.37. The Hall–Kier alpha value is -3.76. The third-order valence-electron chi connectivity index (χ3n) is 5.47. The molecule has 3 unspecified atom stereocenters. The molecule has 35 heavy (non-hydrogen) atoms. The number of hydrogen-bond donors (Lipinski definition) is 4. The van der Waals surface area contributed by atoms with Gasteiger partial charge < -0.3 is 30.8 Å². The van der Waals surface area contributed by atoms with Crippen LogP contribution in [0.4, 0.5) is 5.69 Å². The summed E-state index contributed by atoms with van der Waals surface area (Å²) in [7, 11) is 0. The number of carbonyl (C=O) groups excluding carboxylic acids is 5. The van der Waals surface area contributed by atoms with E-state index in [1.807, 2.05) is 13.8 Å². The Labute approximate surface area is 203 Å². The fourth-order valence-corrected chi connectivity index (χ4v) is 3.78. The number of nitrogens with zero attached hydrogens (tertiary/aromatic N) is 1. The monoisotopic (exact) mass is 488 g/mol. The molecule has 1 aromatic carbocycles. The van der Waals surface area contributed by atoms with Crippen molar-refractivity contribution in [3.05, 3.63) is 29.8 Å². The summed E-state index contributed by atoms with van der Waals surface area (Å²) in [5.74, 6) is -2.70. The van der Waals surface area contributed by atoms with Crippen molar-refractivity contribution in [2.24, 2.45) is 5.92 Å². The van der Waals surface area contributed by atoms with Crippen LogP contribution in [-0.2, 0) is 24.0 Å². The summed E-state index contributed by atoms with van der Waals surface area (Å²) in [5, 5.41) is 16.6. The first kappa shape index (κ1) is 27.5. The van der Waals surface area contributed by atoms with Gasteiger partial charge in [-0.3, -0.25) is 24.0 Å². The summed E-state index contributed by atoms with van der Waals surface area (Å²) in [4.78, 5) is 73.2. The van der Waals surface area contributed by atoms with Gasteiger partial charge in [0, 0.05) is 24.2 Å². The van der Waals surface area contributed by atoms with Crippen molar-refractivity contribution in [2.45, 2.75) is 64.6 Å². The zero-order valence-corrected chi connectivity index (χ0v) is 20.1. The predicted molar refractivity (Wildman–Crippen MR) is 126 cm³/mol. The van der Waals surface area contributed by atoms with Crippen molar-refractivity contribution in [1.82, 2.24) is 15.5 Å². The van der Waals surface area contributed by atoms with Crippen molar-refractivity contribution >= 4 is 41.6 Å². The first-order valence-electron chi connectivity index (χ1n) is 11.5. The largest absolute Gasteiger partial charge is 0.481 e. The molecule has 0 aliphatic carbocycles. The molecule has 1 heterocycles. The van der Waals surface area contributed by atoms with Crippen molar-refractivity contribution < 1.29 is 33.9 Å². The second-order valence-electron chi connectivity index (χ2n) is 8.96. The zero-order valence-electron chi connectivity index (χ0n) is 20.1. The molecule has 1 aromatic rings. The number of anilines is 1. The van der Waals surface area contributed by atoms with Crippen LogP contribution < -0.4 is 16.0 Å². The highest BCUT2D eigenvalue weighted by atomic mass is 16.4. The lowest BCUT2D eigenvalue weighted by molar-refractivity contribution is -0.141. The number of benzene rings is 1. The average molecular weight is 489 g/mol. The first-order valence-corrected chi connectivity index (χ1v) is 11.5. The summed E-state index contributed by atoms with van der Waals surface area (Å²) >= 11 is 0. The van der Waals surface area contributed by atoms with Crippen LogP contribution in [0.3, 0.4) is 0 Å². The van der Waals surface area contributed by atoms with Gasteiger partial charge in [0.25, 0.3) is 5.91 Å². The van der Waals surface area contributed by atoms with Crippen LogP contribution in [0.5, 0.6) is 0 Å². The molecule has 11 heteroatoms. The van der Waals surface area contributed by atoms with Gasteiger partial charge in [-0.2, -0.15) is 0 Å². The standard InChI is InChI=1S/C24H32N4O7/c1-14(2)11-20(30)26-17-8-6-16(7-9-17)22(33)25-15(3)24(35)28-10-4-5-19(28)23(34)27-18(13-29)12-21(31)32/h6-9,13-15,18-19H,4-5,10-12H2,1-3H3,(H,25,33)(H,26,30)(H,27,34)(H,31,32). The second kappa shape index (κ2) is 12.6. The van der Waals surface area contributed by atoms with Crippen LogP contribution in [0.2, 0.25) is 0 Å². The molecule has 4 N–H and O–H groups in total. The normalized spacial score (nSPS) is 16.8. The molecule has 0 saturated carbocycles. The lowest BCUT2D eigenvalue weighted by Crippen LogP contribution is -2.54. The molecule has 11 nitrogen and oxygen atoms in total. The quantitative estimate of drug-likeness (QED) is 0.337. The minimum Gasteiger partial charge on any atom is -0.481 e. The van der Waals surface area contributed by atoms with Crippen molar-refractivity contribution in [1.29, 1.82) is 0 Å². The number of aldehydes is 1. The van der Waals surface area contributed by atoms with E-state index in [9.17, 15) is 28.8 Å². The van der Waals surface area contributed by atoms with Crippen LogP contribution in [0.1, 0.15) is 56.8 Å². The van der Waals surface area contributed by atoms with E-state index in [1.165, 1.54) is 24.0 Å². The van der Waals surface area contributed by atoms with Crippen LogP contribution >= 0.6 is 0 Å². The molecule has 0 bridgehead atoms. The lowest BCUT2D eigenvalue weighted by atomic mass is 10.1. The molecular formula is C24H32N4O7. The van der Waals surface area contributed by atoms with E-state index in [0.29, 0.717) is 43.3 Å². The molecule has 1 fully saturated rings. The van der Waals surface area contributed by atoms with E-state index < -0.39 is 48.2 Å². The van der Waals surface area contributed by atoms with Crippen molar-refractivity contribution in [2.75, 3.05) is 11.9 Å². The van der Waals surface area contributed by atoms with Crippen molar-refractivity contribution in [3.8, 4) is 0 Å². The molecular weight excluding hydrogens is 456 g/mol. The lowest BCUT2D eigenvalue weighted by Gasteiger charge is -2.27. The number of nitrogens with one attached hydrogen (secondary N) is 3. The summed E-state index contributed by atoms with van der Waals surface area (Å²) in [6.07, 6.45) is 1.09. The van der Waals surface area contributed by atoms with Gasteiger partial charge in [0.05, 0.1) is 12.5 Å². The Kier molecular flexibility index (Phi) is 9.92.